The molecule has 1 fully saturated rings. The second-order valence-electron chi connectivity index (χ2n) is 7.92. The lowest BCUT2D eigenvalue weighted by atomic mass is 10.0. The van der Waals surface area contributed by atoms with Crippen LogP contribution in [0.2, 0.25) is 0 Å². The summed E-state index contributed by atoms with van der Waals surface area (Å²) in [6.45, 7) is 3.49. The topological polar surface area (TPSA) is 78.8 Å². The zero-order valence-corrected chi connectivity index (χ0v) is 17.7. The van der Waals surface area contributed by atoms with Crippen LogP contribution in [0.1, 0.15) is 29.9 Å². The zero-order valence-electron chi connectivity index (χ0n) is 16.9. The summed E-state index contributed by atoms with van der Waals surface area (Å²) >= 11 is 0. The molecule has 156 valence electrons. The highest BCUT2D eigenvalue weighted by atomic mass is 32.2. The molecule has 0 spiro atoms. The van der Waals surface area contributed by atoms with Crippen LogP contribution in [0.15, 0.2) is 36.5 Å². The van der Waals surface area contributed by atoms with E-state index in [-0.39, 0.29) is 18.6 Å². The Labute approximate surface area is 171 Å². The first-order valence-electron chi connectivity index (χ1n) is 9.87. The molecular formula is C20H27N5O3S. The van der Waals surface area contributed by atoms with Crippen molar-refractivity contribution in [3.63, 3.8) is 0 Å². The molecule has 1 aromatic carbocycles. The number of rotatable bonds is 6. The maximum Gasteiger partial charge on any atom is 0.330 e. The Bertz CT molecular complexity index is 981. The summed E-state index contributed by atoms with van der Waals surface area (Å²) in [7, 11) is -1.83. The SMILES string of the molecule is CN(Cc1ncc2n1C(=O)N(C1CCN(Cc3ccccc3)CC1)C2)S(C)(=O)=O. The number of hydrogen-bond donors (Lipinski definition) is 0. The minimum Gasteiger partial charge on any atom is -0.315 e. The van der Waals surface area contributed by atoms with Gasteiger partial charge >= 0.3 is 6.03 Å². The molecule has 1 amide bonds. The van der Waals surface area contributed by atoms with Crippen LogP contribution >= 0.6 is 0 Å². The fraction of sp³-hybridized carbons (Fsp3) is 0.500. The van der Waals surface area contributed by atoms with Gasteiger partial charge in [-0.05, 0) is 18.4 Å². The van der Waals surface area contributed by atoms with Gasteiger partial charge in [-0.1, -0.05) is 30.3 Å². The fourth-order valence-electron chi connectivity index (χ4n) is 4.09. The highest BCUT2D eigenvalue weighted by Gasteiger charge is 2.36. The van der Waals surface area contributed by atoms with Gasteiger partial charge in [-0.15, -0.1) is 0 Å². The molecule has 1 aromatic heterocycles. The number of carbonyl (C=O) groups is 1. The molecule has 0 aliphatic carbocycles. The molecule has 9 heteroatoms. The van der Waals surface area contributed by atoms with Crippen molar-refractivity contribution < 1.29 is 13.2 Å². The first kappa shape index (κ1) is 20.1. The average Bonchev–Trinajstić information content (AvgIpc) is 3.23. The molecular weight excluding hydrogens is 390 g/mol. The molecule has 0 saturated carbocycles. The molecule has 0 bridgehead atoms. The van der Waals surface area contributed by atoms with Crippen LogP contribution in [0.25, 0.3) is 0 Å². The molecule has 8 nitrogen and oxygen atoms in total. The van der Waals surface area contributed by atoms with Gasteiger partial charge in [0, 0.05) is 32.7 Å². The molecule has 4 rings (SSSR count). The van der Waals surface area contributed by atoms with Gasteiger partial charge < -0.3 is 4.90 Å². The third-order valence-electron chi connectivity index (χ3n) is 5.85. The van der Waals surface area contributed by atoms with Crippen molar-refractivity contribution in [3.8, 4) is 0 Å². The maximum atomic E-state index is 13.0. The second kappa shape index (κ2) is 7.89. The minimum absolute atomic E-state index is 0.0871. The Hall–Kier alpha value is -2.23. The van der Waals surface area contributed by atoms with Crippen molar-refractivity contribution in [2.45, 2.75) is 38.5 Å². The summed E-state index contributed by atoms with van der Waals surface area (Å²) < 4.78 is 26.2. The van der Waals surface area contributed by atoms with Crippen molar-refractivity contribution in [1.82, 2.24) is 23.7 Å². The number of piperidine rings is 1. The minimum atomic E-state index is -3.33. The van der Waals surface area contributed by atoms with E-state index in [2.05, 4.69) is 34.1 Å². The molecule has 1 saturated heterocycles. The first-order chi connectivity index (χ1) is 13.8. The number of likely N-dealkylation sites (tertiary alicyclic amines) is 1. The predicted molar refractivity (Wildman–Crippen MR) is 110 cm³/mol. The van der Waals surface area contributed by atoms with Crippen LogP contribution < -0.4 is 0 Å². The average molecular weight is 418 g/mol. The van der Waals surface area contributed by atoms with Crippen molar-refractivity contribution in [2.75, 3.05) is 26.4 Å². The number of fused-ring (bicyclic) bond motifs is 1. The summed E-state index contributed by atoms with van der Waals surface area (Å²) in [6, 6.07) is 10.6. The smallest absolute Gasteiger partial charge is 0.315 e. The molecule has 0 atom stereocenters. The highest BCUT2D eigenvalue weighted by Crippen LogP contribution is 2.27. The first-order valence-corrected chi connectivity index (χ1v) is 11.7. The summed E-state index contributed by atoms with van der Waals surface area (Å²) in [5, 5.41) is 0. The van der Waals surface area contributed by atoms with Gasteiger partial charge in [0.2, 0.25) is 10.0 Å². The van der Waals surface area contributed by atoms with Crippen LogP contribution in [-0.2, 0) is 29.7 Å². The van der Waals surface area contributed by atoms with Gasteiger partial charge in [-0.25, -0.2) is 22.8 Å². The van der Waals surface area contributed by atoms with E-state index in [0.29, 0.717) is 12.4 Å². The summed E-state index contributed by atoms with van der Waals surface area (Å²) in [4.78, 5) is 21.7. The van der Waals surface area contributed by atoms with Gasteiger partial charge in [-0.2, -0.15) is 4.31 Å². The number of nitrogens with zero attached hydrogens (tertiary/aromatic N) is 5. The monoisotopic (exact) mass is 417 g/mol. The quantitative estimate of drug-likeness (QED) is 0.715. The van der Waals surface area contributed by atoms with Crippen molar-refractivity contribution in [2.24, 2.45) is 0 Å². The summed E-state index contributed by atoms with van der Waals surface area (Å²) in [5.74, 6) is 0.474. The predicted octanol–water partition coefficient (Wildman–Crippen LogP) is 1.72. The Morgan fingerprint density at radius 2 is 1.86 bits per heavy atom. The van der Waals surface area contributed by atoms with Crippen LogP contribution in [0.3, 0.4) is 0 Å². The Morgan fingerprint density at radius 1 is 1.17 bits per heavy atom. The molecule has 2 aliphatic heterocycles. The molecule has 29 heavy (non-hydrogen) atoms. The van der Waals surface area contributed by atoms with Gasteiger partial charge in [0.05, 0.1) is 31.2 Å². The van der Waals surface area contributed by atoms with Crippen LogP contribution in [0, 0.1) is 0 Å². The summed E-state index contributed by atoms with van der Waals surface area (Å²) in [5.41, 5.74) is 2.14. The van der Waals surface area contributed by atoms with E-state index in [1.54, 1.807) is 10.8 Å². The lowest BCUT2D eigenvalue weighted by Gasteiger charge is -2.36. The maximum absolute atomic E-state index is 13.0. The van der Waals surface area contributed by atoms with Crippen LogP contribution in [0.5, 0.6) is 0 Å². The Kier molecular flexibility index (Phi) is 5.46. The Balaban J connectivity index is 1.38. The van der Waals surface area contributed by atoms with Gasteiger partial charge in [-0.3, -0.25) is 4.90 Å². The second-order valence-corrected chi connectivity index (χ2v) is 10.0. The summed E-state index contributed by atoms with van der Waals surface area (Å²) in [6.07, 6.45) is 4.72. The molecule has 0 radical (unpaired) electrons. The largest absolute Gasteiger partial charge is 0.330 e. The lowest BCUT2D eigenvalue weighted by Crippen LogP contribution is -2.45. The molecule has 0 N–H and O–H groups in total. The van der Waals surface area contributed by atoms with Crippen molar-refractivity contribution >= 4 is 16.1 Å². The number of imidazole rings is 1. The van der Waals surface area contributed by atoms with E-state index < -0.39 is 10.0 Å². The number of sulfonamides is 1. The zero-order chi connectivity index (χ0) is 20.6. The van der Waals surface area contributed by atoms with Crippen molar-refractivity contribution in [3.05, 3.63) is 53.6 Å². The molecule has 3 heterocycles. The highest BCUT2D eigenvalue weighted by molar-refractivity contribution is 7.88. The third-order valence-corrected chi connectivity index (χ3v) is 7.12. The standard InChI is InChI=1S/C20H27N5O3S/c1-22(29(2,27)28)15-19-21-12-18-14-24(20(26)25(18)19)17-8-10-23(11-9-17)13-16-6-4-3-5-7-16/h3-7,12,17H,8-11,13-15H2,1-2H3. The van der Waals surface area contributed by atoms with E-state index >= 15 is 0 Å². The van der Waals surface area contributed by atoms with Crippen LogP contribution in [0.4, 0.5) is 4.79 Å². The van der Waals surface area contributed by atoms with E-state index in [1.807, 2.05) is 11.0 Å². The van der Waals surface area contributed by atoms with Gasteiger partial charge in [0.25, 0.3) is 0 Å². The van der Waals surface area contributed by atoms with E-state index in [9.17, 15) is 13.2 Å². The normalized spacial score (nSPS) is 18.6. The van der Waals surface area contributed by atoms with Crippen LogP contribution in [-0.4, -0.2) is 70.5 Å². The lowest BCUT2D eigenvalue weighted by molar-refractivity contribution is 0.123. The van der Waals surface area contributed by atoms with E-state index in [1.165, 1.54) is 16.9 Å². The fourth-order valence-corrected chi connectivity index (χ4v) is 4.44. The Morgan fingerprint density at radius 3 is 2.52 bits per heavy atom. The molecule has 2 aromatic rings. The molecule has 0 unspecified atom stereocenters. The number of amides is 1. The van der Waals surface area contributed by atoms with Gasteiger partial charge in [0.15, 0.2) is 0 Å². The van der Waals surface area contributed by atoms with E-state index in [4.69, 9.17) is 0 Å². The molecule has 2 aliphatic rings. The number of carbonyl (C=O) groups excluding carboxylic acids is 1. The number of hydrogen-bond acceptors (Lipinski definition) is 5. The van der Waals surface area contributed by atoms with Crippen molar-refractivity contribution in [1.29, 1.82) is 0 Å². The number of aromatic nitrogens is 2. The third kappa shape index (κ3) is 4.22. The van der Waals surface area contributed by atoms with Gasteiger partial charge in [0.1, 0.15) is 5.82 Å². The van der Waals surface area contributed by atoms with E-state index in [0.717, 1.165) is 44.4 Å². The number of benzene rings is 1.